The molecule has 3 saturated heterocycles. The van der Waals surface area contributed by atoms with Crippen molar-refractivity contribution >= 4 is 33.7 Å². The lowest BCUT2D eigenvalue weighted by Gasteiger charge is -2.37. The largest absolute Gasteiger partial charge is 0.465 e. The van der Waals surface area contributed by atoms with Gasteiger partial charge in [0.25, 0.3) is 0 Å². The lowest BCUT2D eigenvalue weighted by molar-refractivity contribution is -0.155. The summed E-state index contributed by atoms with van der Waals surface area (Å²) in [6.45, 7) is 10.5. The number of alkyl halides is 1. The van der Waals surface area contributed by atoms with E-state index >= 15 is 0 Å². The number of esters is 1. The van der Waals surface area contributed by atoms with Crippen molar-refractivity contribution in [3.05, 3.63) is 25.3 Å². The van der Waals surface area contributed by atoms with Crippen LogP contribution < -0.4 is 0 Å². The second kappa shape index (κ2) is 12.5. The van der Waals surface area contributed by atoms with Crippen LogP contribution in [0.5, 0.6) is 0 Å². The highest BCUT2D eigenvalue weighted by molar-refractivity contribution is 9.09. The molecule has 3 aliphatic rings. The average Bonchev–Trinajstić information content (AvgIpc) is 3.42. The number of unbranched alkanes of at least 4 members (excludes halogenated alkanes) is 4. The van der Waals surface area contributed by atoms with Gasteiger partial charge in [0.1, 0.15) is 11.6 Å². The molecule has 0 radical (unpaired) electrons. The van der Waals surface area contributed by atoms with Crippen LogP contribution in [-0.4, -0.2) is 88.1 Å². The standard InChI is InChI=1S/C26H39BrN2O6/c1-4-7-9-11-16-34-25(33)19-20-23(31)29(14-15-30)22(26(20)17-18(27)21(19)35-26)24(32)28(12-6-3)13-10-8-5-2/h4,6,18-22,30H,1,3,5,7-17H2,2H3/t18?,19-,20-,21-,22?,26?/m0/s1. The van der Waals surface area contributed by atoms with Gasteiger partial charge < -0.3 is 24.4 Å². The number of carbonyl (C=O) groups is 3. The number of amides is 2. The minimum absolute atomic E-state index is 0.00861. The fraction of sp³-hybridized carbons (Fsp3) is 0.731. The van der Waals surface area contributed by atoms with Crippen molar-refractivity contribution < 1.29 is 29.0 Å². The van der Waals surface area contributed by atoms with E-state index in [2.05, 4.69) is 36.0 Å². The third kappa shape index (κ3) is 5.37. The molecule has 2 bridgehead atoms. The molecule has 3 unspecified atom stereocenters. The molecule has 196 valence electrons. The van der Waals surface area contributed by atoms with Crippen molar-refractivity contribution in [3.8, 4) is 0 Å². The van der Waals surface area contributed by atoms with E-state index in [0.29, 0.717) is 25.9 Å². The Hall–Kier alpha value is -1.71. The Morgan fingerprint density at radius 3 is 2.71 bits per heavy atom. The van der Waals surface area contributed by atoms with Crippen LogP contribution in [0, 0.1) is 11.8 Å². The quantitative estimate of drug-likeness (QED) is 0.145. The molecule has 3 rings (SSSR count). The SMILES string of the molecule is C=CCCCCOC(=O)[C@H]1[C@H]2C(=O)N(CCO)C(C(=O)N(CC=C)CCCCC)C23CC(Br)[C@@H]1O3. The lowest BCUT2D eigenvalue weighted by atomic mass is 9.70. The summed E-state index contributed by atoms with van der Waals surface area (Å²) in [5.41, 5.74) is -1.13. The number of hydrogen-bond acceptors (Lipinski definition) is 6. The monoisotopic (exact) mass is 554 g/mol. The third-order valence-corrected chi connectivity index (χ3v) is 8.22. The van der Waals surface area contributed by atoms with Crippen molar-refractivity contribution in [1.82, 2.24) is 9.80 Å². The summed E-state index contributed by atoms with van der Waals surface area (Å²) in [5, 5.41) is 9.72. The van der Waals surface area contributed by atoms with Crippen LogP contribution in [0.3, 0.4) is 0 Å². The number of hydrogen-bond donors (Lipinski definition) is 1. The number of rotatable bonds is 15. The predicted molar refractivity (Wildman–Crippen MR) is 136 cm³/mol. The second-order valence-corrected chi connectivity index (χ2v) is 10.8. The normalized spacial score (nSPS) is 30.9. The molecule has 8 nitrogen and oxygen atoms in total. The highest BCUT2D eigenvalue weighted by Crippen LogP contribution is 2.60. The maximum Gasteiger partial charge on any atom is 0.312 e. The molecular formula is C26H39BrN2O6. The number of allylic oxidation sites excluding steroid dienone is 1. The predicted octanol–water partition coefficient (Wildman–Crippen LogP) is 2.83. The van der Waals surface area contributed by atoms with E-state index in [9.17, 15) is 19.5 Å². The Labute approximate surface area is 216 Å². The van der Waals surface area contributed by atoms with Crippen LogP contribution in [0.25, 0.3) is 0 Å². The molecule has 3 aliphatic heterocycles. The molecular weight excluding hydrogens is 516 g/mol. The topological polar surface area (TPSA) is 96.4 Å². The van der Waals surface area contributed by atoms with E-state index in [1.165, 1.54) is 4.90 Å². The van der Waals surface area contributed by atoms with Gasteiger partial charge in [-0.25, -0.2) is 0 Å². The zero-order valence-corrected chi connectivity index (χ0v) is 22.3. The number of carbonyl (C=O) groups excluding carboxylic acids is 3. The van der Waals surface area contributed by atoms with E-state index < -0.39 is 35.6 Å². The fourth-order valence-corrected chi connectivity index (χ4v) is 6.80. The summed E-state index contributed by atoms with van der Waals surface area (Å²) in [4.78, 5) is 43.7. The molecule has 0 aliphatic carbocycles. The second-order valence-electron chi connectivity index (χ2n) is 9.65. The molecule has 0 aromatic rings. The number of nitrogens with zero attached hydrogens (tertiary/aromatic N) is 2. The molecule has 6 atom stereocenters. The minimum atomic E-state index is -1.13. The first-order valence-corrected chi connectivity index (χ1v) is 13.7. The molecule has 35 heavy (non-hydrogen) atoms. The number of fused-ring (bicyclic) bond motifs is 1. The van der Waals surface area contributed by atoms with Gasteiger partial charge in [0, 0.05) is 24.5 Å². The first-order valence-electron chi connectivity index (χ1n) is 12.8. The average molecular weight is 556 g/mol. The van der Waals surface area contributed by atoms with Gasteiger partial charge in [-0.3, -0.25) is 14.4 Å². The van der Waals surface area contributed by atoms with Gasteiger partial charge in [-0.15, -0.1) is 13.2 Å². The van der Waals surface area contributed by atoms with Crippen molar-refractivity contribution in [2.24, 2.45) is 11.8 Å². The molecule has 3 fully saturated rings. The Balaban J connectivity index is 1.87. The van der Waals surface area contributed by atoms with Gasteiger partial charge in [-0.2, -0.15) is 0 Å². The van der Waals surface area contributed by atoms with Crippen LogP contribution in [0.2, 0.25) is 0 Å². The Bertz CT molecular complexity index is 807. The van der Waals surface area contributed by atoms with E-state index in [1.807, 2.05) is 6.08 Å². The highest BCUT2D eigenvalue weighted by Gasteiger charge is 2.77. The molecule has 3 heterocycles. The highest BCUT2D eigenvalue weighted by atomic mass is 79.9. The molecule has 1 spiro atoms. The fourth-order valence-electron chi connectivity index (χ4n) is 5.86. The molecule has 0 aromatic carbocycles. The van der Waals surface area contributed by atoms with Crippen LogP contribution in [-0.2, 0) is 23.9 Å². The smallest absolute Gasteiger partial charge is 0.312 e. The van der Waals surface area contributed by atoms with Gasteiger partial charge in [-0.05, 0) is 32.1 Å². The summed E-state index contributed by atoms with van der Waals surface area (Å²) in [6, 6.07) is -0.899. The summed E-state index contributed by atoms with van der Waals surface area (Å²) in [7, 11) is 0. The maximum atomic E-state index is 13.9. The van der Waals surface area contributed by atoms with Crippen LogP contribution in [0.15, 0.2) is 25.3 Å². The maximum absolute atomic E-state index is 13.9. The molecule has 0 saturated carbocycles. The molecule has 9 heteroatoms. The number of β-amino-alcohol motifs (C(OH)–C–C–N with tert-alkyl or cyclic N) is 1. The molecule has 1 N–H and O–H groups in total. The van der Waals surface area contributed by atoms with Crippen LogP contribution in [0.4, 0.5) is 0 Å². The van der Waals surface area contributed by atoms with E-state index in [-0.39, 0.29) is 36.4 Å². The zero-order valence-electron chi connectivity index (χ0n) is 20.7. The van der Waals surface area contributed by atoms with E-state index in [0.717, 1.165) is 32.1 Å². The summed E-state index contributed by atoms with van der Waals surface area (Å²) >= 11 is 3.65. The summed E-state index contributed by atoms with van der Waals surface area (Å²) < 4.78 is 12.0. The van der Waals surface area contributed by atoms with Gasteiger partial charge in [0.05, 0.1) is 31.2 Å². The number of ether oxygens (including phenoxy) is 2. The molecule has 0 aromatic heterocycles. The number of aliphatic hydroxyl groups excluding tert-OH is 1. The van der Waals surface area contributed by atoms with Crippen molar-refractivity contribution in [3.63, 3.8) is 0 Å². The van der Waals surface area contributed by atoms with Gasteiger partial charge in [0.15, 0.2) is 0 Å². The Morgan fingerprint density at radius 1 is 1.29 bits per heavy atom. The first-order chi connectivity index (χ1) is 16.9. The minimum Gasteiger partial charge on any atom is -0.465 e. The van der Waals surface area contributed by atoms with Crippen LogP contribution >= 0.6 is 15.9 Å². The van der Waals surface area contributed by atoms with Gasteiger partial charge >= 0.3 is 5.97 Å². The number of likely N-dealkylation sites (tertiary alicyclic amines) is 1. The van der Waals surface area contributed by atoms with Gasteiger partial charge in [0.2, 0.25) is 11.8 Å². The summed E-state index contributed by atoms with van der Waals surface area (Å²) in [6.07, 6.45) is 8.69. The Morgan fingerprint density at radius 2 is 2.06 bits per heavy atom. The number of halogens is 1. The van der Waals surface area contributed by atoms with Crippen molar-refractivity contribution in [2.75, 3.05) is 32.8 Å². The zero-order chi connectivity index (χ0) is 25.6. The first kappa shape index (κ1) is 27.9. The number of aliphatic hydroxyl groups is 1. The third-order valence-electron chi connectivity index (χ3n) is 7.38. The van der Waals surface area contributed by atoms with Crippen molar-refractivity contribution in [2.45, 2.75) is 74.4 Å². The summed E-state index contributed by atoms with van der Waals surface area (Å²) in [5.74, 6) is -2.58. The van der Waals surface area contributed by atoms with Crippen molar-refractivity contribution in [1.29, 1.82) is 0 Å². The van der Waals surface area contributed by atoms with Gasteiger partial charge in [-0.1, -0.05) is 47.8 Å². The lowest BCUT2D eigenvalue weighted by Crippen LogP contribution is -2.57. The molecule has 2 amide bonds. The van der Waals surface area contributed by atoms with E-state index in [4.69, 9.17) is 9.47 Å². The van der Waals surface area contributed by atoms with Crippen LogP contribution in [0.1, 0.15) is 51.9 Å². The van der Waals surface area contributed by atoms with E-state index in [1.54, 1.807) is 11.0 Å². The Kier molecular flexibility index (Phi) is 9.95.